The summed E-state index contributed by atoms with van der Waals surface area (Å²) < 4.78 is 0. The van der Waals surface area contributed by atoms with Crippen LogP contribution in [-0.2, 0) is 5.41 Å². The highest BCUT2D eigenvalue weighted by Crippen LogP contribution is 2.29. The molecule has 0 aliphatic carbocycles. The highest BCUT2D eigenvalue weighted by atomic mass is 32.1. The minimum atomic E-state index is 0.201. The number of benzene rings is 1. The molecule has 1 aliphatic rings. The van der Waals surface area contributed by atoms with Crippen molar-refractivity contribution in [2.75, 3.05) is 31.1 Å². The molecule has 1 saturated heterocycles. The molecule has 0 radical (unpaired) electrons. The summed E-state index contributed by atoms with van der Waals surface area (Å²) in [6.07, 6.45) is 0. The summed E-state index contributed by atoms with van der Waals surface area (Å²) >= 11 is 1.75. The lowest BCUT2D eigenvalue weighted by Crippen LogP contribution is -2.43. The van der Waals surface area contributed by atoms with Crippen LogP contribution in [0.15, 0.2) is 29.6 Å². The van der Waals surface area contributed by atoms with Crippen molar-refractivity contribution >= 4 is 16.5 Å². The van der Waals surface area contributed by atoms with Crippen LogP contribution >= 0.6 is 11.3 Å². The van der Waals surface area contributed by atoms with Gasteiger partial charge in [0.15, 0.2) is 5.13 Å². The maximum atomic E-state index is 4.81. The average Bonchev–Trinajstić information content (AvgIpc) is 2.97. The number of anilines is 1. The second-order valence-electron chi connectivity index (χ2n) is 6.58. The molecule has 1 aromatic carbocycles. The van der Waals surface area contributed by atoms with Gasteiger partial charge in [0, 0.05) is 37.1 Å². The largest absolute Gasteiger partial charge is 0.346 e. The number of nitrogens with zero attached hydrogens (tertiary/aromatic N) is 2. The van der Waals surface area contributed by atoms with E-state index in [-0.39, 0.29) is 5.41 Å². The molecule has 4 heteroatoms. The fourth-order valence-electron chi connectivity index (χ4n) is 2.54. The third kappa shape index (κ3) is 3.27. The van der Waals surface area contributed by atoms with E-state index < -0.39 is 0 Å². The van der Waals surface area contributed by atoms with Crippen molar-refractivity contribution in [3.05, 3.63) is 35.2 Å². The molecule has 0 unspecified atom stereocenters. The zero-order valence-electron chi connectivity index (χ0n) is 13.0. The molecule has 1 fully saturated rings. The fraction of sp³-hybridized carbons (Fsp3) is 0.471. The summed E-state index contributed by atoms with van der Waals surface area (Å²) in [4.78, 5) is 7.18. The predicted molar refractivity (Wildman–Crippen MR) is 91.3 cm³/mol. The first kappa shape index (κ1) is 14.5. The van der Waals surface area contributed by atoms with Gasteiger partial charge in [-0.05, 0) is 11.0 Å². The molecule has 1 aliphatic heterocycles. The Hall–Kier alpha value is -1.39. The second kappa shape index (κ2) is 5.78. The van der Waals surface area contributed by atoms with Crippen LogP contribution in [0.5, 0.6) is 0 Å². The van der Waals surface area contributed by atoms with Gasteiger partial charge in [-0.25, -0.2) is 4.98 Å². The number of hydrogen-bond donors (Lipinski definition) is 1. The first-order chi connectivity index (χ1) is 10.0. The monoisotopic (exact) mass is 301 g/mol. The maximum Gasteiger partial charge on any atom is 0.185 e. The number of hydrogen-bond acceptors (Lipinski definition) is 4. The lowest BCUT2D eigenvalue weighted by atomic mass is 9.86. The summed E-state index contributed by atoms with van der Waals surface area (Å²) in [7, 11) is 0. The molecule has 0 amide bonds. The third-order valence-electron chi connectivity index (χ3n) is 3.93. The fourth-order valence-corrected chi connectivity index (χ4v) is 3.43. The van der Waals surface area contributed by atoms with Gasteiger partial charge in [0.25, 0.3) is 0 Å². The maximum absolute atomic E-state index is 4.81. The van der Waals surface area contributed by atoms with Gasteiger partial charge < -0.3 is 10.2 Å². The van der Waals surface area contributed by atoms with E-state index in [1.165, 1.54) is 11.1 Å². The number of thiazole rings is 1. The smallest absolute Gasteiger partial charge is 0.185 e. The Morgan fingerprint density at radius 1 is 1.10 bits per heavy atom. The number of rotatable bonds is 2. The Kier molecular flexibility index (Phi) is 4.00. The standard InChI is InChI=1S/C17H23N3S/c1-17(2,3)14-6-4-13(5-7-14)15-12-21-16(19-15)20-10-8-18-9-11-20/h4-7,12,18H,8-11H2,1-3H3. The third-order valence-corrected chi connectivity index (χ3v) is 4.83. The van der Waals surface area contributed by atoms with E-state index in [9.17, 15) is 0 Å². The van der Waals surface area contributed by atoms with Gasteiger partial charge in [0.1, 0.15) is 0 Å². The molecular formula is C17H23N3S. The van der Waals surface area contributed by atoms with Crippen LogP contribution in [0.3, 0.4) is 0 Å². The Morgan fingerprint density at radius 2 is 1.76 bits per heavy atom. The van der Waals surface area contributed by atoms with Crippen molar-refractivity contribution in [2.24, 2.45) is 0 Å². The predicted octanol–water partition coefficient (Wildman–Crippen LogP) is 3.52. The summed E-state index contributed by atoms with van der Waals surface area (Å²) in [5.41, 5.74) is 3.87. The van der Waals surface area contributed by atoms with Crippen molar-refractivity contribution in [3.8, 4) is 11.3 Å². The van der Waals surface area contributed by atoms with Crippen molar-refractivity contribution in [1.82, 2.24) is 10.3 Å². The Balaban J connectivity index is 1.79. The van der Waals surface area contributed by atoms with Crippen LogP contribution in [0.2, 0.25) is 0 Å². The van der Waals surface area contributed by atoms with Gasteiger partial charge in [0.2, 0.25) is 0 Å². The Labute approximate surface area is 131 Å². The number of piperazine rings is 1. The number of aromatic nitrogens is 1. The molecular weight excluding hydrogens is 278 g/mol. The topological polar surface area (TPSA) is 28.2 Å². The molecule has 3 rings (SSSR count). The zero-order chi connectivity index (χ0) is 14.9. The summed E-state index contributed by atoms with van der Waals surface area (Å²) in [6.45, 7) is 10.9. The van der Waals surface area contributed by atoms with Gasteiger partial charge >= 0.3 is 0 Å². The minimum Gasteiger partial charge on any atom is -0.346 e. The lowest BCUT2D eigenvalue weighted by Gasteiger charge is -2.26. The van der Waals surface area contributed by atoms with Crippen molar-refractivity contribution in [1.29, 1.82) is 0 Å². The van der Waals surface area contributed by atoms with Crippen LogP contribution in [0.1, 0.15) is 26.3 Å². The summed E-state index contributed by atoms with van der Waals surface area (Å²) in [5.74, 6) is 0. The van der Waals surface area contributed by atoms with Gasteiger partial charge in [-0.3, -0.25) is 0 Å². The first-order valence-electron chi connectivity index (χ1n) is 7.56. The van der Waals surface area contributed by atoms with Crippen molar-refractivity contribution in [2.45, 2.75) is 26.2 Å². The van der Waals surface area contributed by atoms with Crippen LogP contribution in [0, 0.1) is 0 Å². The molecule has 0 bridgehead atoms. The van der Waals surface area contributed by atoms with Gasteiger partial charge in [-0.1, -0.05) is 45.0 Å². The van der Waals surface area contributed by atoms with Gasteiger partial charge in [-0.15, -0.1) is 11.3 Å². The second-order valence-corrected chi connectivity index (χ2v) is 7.42. The summed E-state index contributed by atoms with van der Waals surface area (Å²) in [5, 5.41) is 6.69. The molecule has 0 spiro atoms. The molecule has 2 aromatic rings. The quantitative estimate of drug-likeness (QED) is 0.920. The molecule has 0 atom stereocenters. The van der Waals surface area contributed by atoms with Crippen LogP contribution in [0.25, 0.3) is 11.3 Å². The molecule has 3 nitrogen and oxygen atoms in total. The SMILES string of the molecule is CC(C)(C)c1ccc(-c2csc(N3CCNCC3)n2)cc1. The van der Waals surface area contributed by atoms with Gasteiger partial charge in [0.05, 0.1) is 5.69 Å². The van der Waals surface area contributed by atoms with E-state index in [0.717, 1.165) is 37.0 Å². The van der Waals surface area contributed by atoms with E-state index in [1.807, 2.05) is 0 Å². The highest BCUT2D eigenvalue weighted by Gasteiger charge is 2.16. The number of nitrogens with one attached hydrogen (secondary N) is 1. The Bertz CT molecular complexity index is 589. The molecule has 112 valence electrons. The van der Waals surface area contributed by atoms with Crippen LogP contribution in [0.4, 0.5) is 5.13 Å². The van der Waals surface area contributed by atoms with E-state index in [0.29, 0.717) is 0 Å². The molecule has 1 N–H and O–H groups in total. The van der Waals surface area contributed by atoms with E-state index >= 15 is 0 Å². The van der Waals surface area contributed by atoms with E-state index in [4.69, 9.17) is 4.98 Å². The average molecular weight is 301 g/mol. The molecule has 0 saturated carbocycles. The van der Waals surface area contributed by atoms with E-state index in [2.05, 4.69) is 60.6 Å². The van der Waals surface area contributed by atoms with Crippen LogP contribution in [-0.4, -0.2) is 31.2 Å². The zero-order valence-corrected chi connectivity index (χ0v) is 13.8. The van der Waals surface area contributed by atoms with E-state index in [1.54, 1.807) is 11.3 Å². The van der Waals surface area contributed by atoms with Gasteiger partial charge in [-0.2, -0.15) is 0 Å². The minimum absolute atomic E-state index is 0.201. The van der Waals surface area contributed by atoms with Crippen molar-refractivity contribution < 1.29 is 0 Å². The first-order valence-corrected chi connectivity index (χ1v) is 8.44. The molecule has 1 aromatic heterocycles. The molecule has 2 heterocycles. The van der Waals surface area contributed by atoms with Crippen molar-refractivity contribution in [3.63, 3.8) is 0 Å². The normalized spacial score (nSPS) is 16.2. The molecule has 21 heavy (non-hydrogen) atoms. The lowest BCUT2D eigenvalue weighted by molar-refractivity contribution is 0.588. The Morgan fingerprint density at radius 3 is 2.38 bits per heavy atom. The highest BCUT2D eigenvalue weighted by molar-refractivity contribution is 7.14. The van der Waals surface area contributed by atoms with Crippen LogP contribution < -0.4 is 10.2 Å². The summed E-state index contributed by atoms with van der Waals surface area (Å²) in [6, 6.07) is 8.83.